The minimum absolute atomic E-state index is 0.309. The monoisotopic (exact) mass is 227 g/mol. The summed E-state index contributed by atoms with van der Waals surface area (Å²) in [5.41, 5.74) is 0.309. The van der Waals surface area contributed by atoms with Crippen LogP contribution in [0.15, 0.2) is 0 Å². The molecule has 0 bridgehead atoms. The van der Waals surface area contributed by atoms with E-state index in [0.29, 0.717) is 11.6 Å². The molecule has 0 aromatic rings. The van der Waals surface area contributed by atoms with E-state index in [1.807, 2.05) is 7.05 Å². The Bertz CT molecular complexity index is 213. The van der Waals surface area contributed by atoms with E-state index in [-0.39, 0.29) is 0 Å². The molecular weight excluding hydrogens is 198 g/mol. The second-order valence-electron chi connectivity index (χ2n) is 6.24. The van der Waals surface area contributed by atoms with E-state index in [4.69, 9.17) is 0 Å². The van der Waals surface area contributed by atoms with Crippen molar-refractivity contribution in [2.45, 2.75) is 39.3 Å². The first kappa shape index (κ1) is 13.9. The summed E-state index contributed by atoms with van der Waals surface area (Å²) in [6, 6.07) is 0.650. The molecule has 3 heteroatoms. The molecule has 3 nitrogen and oxygen atoms in total. The maximum atomic E-state index is 3.30. The van der Waals surface area contributed by atoms with Gasteiger partial charge in [0.2, 0.25) is 0 Å². The van der Waals surface area contributed by atoms with Crippen LogP contribution in [-0.4, -0.2) is 61.7 Å². The second-order valence-corrected chi connectivity index (χ2v) is 6.24. The third-order valence-corrected chi connectivity index (χ3v) is 3.57. The van der Waals surface area contributed by atoms with E-state index in [1.54, 1.807) is 0 Å². The Kier molecular flexibility index (Phi) is 4.77. The molecule has 0 spiro atoms. The van der Waals surface area contributed by atoms with E-state index in [9.17, 15) is 0 Å². The second kappa shape index (κ2) is 5.48. The Hall–Kier alpha value is -0.120. The van der Waals surface area contributed by atoms with Crippen molar-refractivity contribution in [3.63, 3.8) is 0 Å². The molecule has 0 amide bonds. The summed E-state index contributed by atoms with van der Waals surface area (Å²) in [6.45, 7) is 14.0. The highest BCUT2D eigenvalue weighted by Gasteiger charge is 2.36. The van der Waals surface area contributed by atoms with Gasteiger partial charge in [-0.15, -0.1) is 0 Å². The van der Waals surface area contributed by atoms with Gasteiger partial charge in [0.1, 0.15) is 0 Å². The molecule has 1 saturated heterocycles. The fraction of sp³-hybridized carbons (Fsp3) is 1.00. The van der Waals surface area contributed by atoms with Crippen LogP contribution in [0.3, 0.4) is 0 Å². The normalized spacial score (nSPS) is 27.6. The standard InChI is InChI=1S/C13H29N3/c1-11(2)8-16-9-12(7-14-5)15(6)10-13(16,3)4/h11-12,14H,7-10H2,1-6H3. The molecule has 16 heavy (non-hydrogen) atoms. The predicted molar refractivity (Wildman–Crippen MR) is 70.8 cm³/mol. The number of nitrogens with one attached hydrogen (secondary N) is 1. The SMILES string of the molecule is CNCC1CN(CC(C)C)C(C)(C)CN1C. The lowest BCUT2D eigenvalue weighted by Crippen LogP contribution is -2.64. The van der Waals surface area contributed by atoms with Crippen molar-refractivity contribution in [3.8, 4) is 0 Å². The number of likely N-dealkylation sites (N-methyl/N-ethyl adjacent to an activating group) is 2. The van der Waals surface area contributed by atoms with E-state index in [1.165, 1.54) is 13.1 Å². The van der Waals surface area contributed by atoms with Gasteiger partial charge in [0.25, 0.3) is 0 Å². The Morgan fingerprint density at radius 1 is 1.38 bits per heavy atom. The molecule has 0 aliphatic carbocycles. The van der Waals surface area contributed by atoms with Crippen LogP contribution in [0.5, 0.6) is 0 Å². The van der Waals surface area contributed by atoms with Crippen molar-refractivity contribution in [1.82, 2.24) is 15.1 Å². The molecule has 0 aromatic carbocycles. The van der Waals surface area contributed by atoms with Gasteiger partial charge in [0, 0.05) is 37.8 Å². The third kappa shape index (κ3) is 3.44. The average Bonchev–Trinajstić information content (AvgIpc) is 2.12. The summed E-state index contributed by atoms with van der Waals surface area (Å²) >= 11 is 0. The molecule has 0 aromatic heterocycles. The predicted octanol–water partition coefficient (Wildman–Crippen LogP) is 1.26. The Morgan fingerprint density at radius 2 is 2.00 bits per heavy atom. The molecule has 0 radical (unpaired) electrons. The minimum atomic E-state index is 0.309. The molecule has 0 saturated carbocycles. The topological polar surface area (TPSA) is 18.5 Å². The van der Waals surface area contributed by atoms with Crippen molar-refractivity contribution >= 4 is 0 Å². The largest absolute Gasteiger partial charge is 0.318 e. The van der Waals surface area contributed by atoms with Crippen LogP contribution < -0.4 is 5.32 Å². The third-order valence-electron chi connectivity index (χ3n) is 3.57. The van der Waals surface area contributed by atoms with Crippen molar-refractivity contribution in [2.24, 2.45) is 5.92 Å². The zero-order chi connectivity index (χ0) is 12.3. The van der Waals surface area contributed by atoms with Gasteiger partial charge >= 0.3 is 0 Å². The first-order valence-corrected chi connectivity index (χ1v) is 6.46. The number of hydrogen-bond acceptors (Lipinski definition) is 3. The molecule has 1 N–H and O–H groups in total. The highest BCUT2D eigenvalue weighted by Crippen LogP contribution is 2.24. The van der Waals surface area contributed by atoms with E-state index < -0.39 is 0 Å². The summed E-state index contributed by atoms with van der Waals surface area (Å²) in [5.74, 6) is 0.748. The number of nitrogens with zero attached hydrogens (tertiary/aromatic N) is 2. The maximum Gasteiger partial charge on any atom is 0.0345 e. The fourth-order valence-electron chi connectivity index (χ4n) is 2.70. The summed E-state index contributed by atoms with van der Waals surface area (Å²) in [6.07, 6.45) is 0. The molecule has 1 atom stereocenters. The zero-order valence-electron chi connectivity index (χ0n) is 11.9. The number of piperazine rings is 1. The van der Waals surface area contributed by atoms with Gasteiger partial charge < -0.3 is 5.32 Å². The van der Waals surface area contributed by atoms with Crippen LogP contribution in [0, 0.1) is 5.92 Å². The quantitative estimate of drug-likeness (QED) is 0.780. The molecule has 1 rings (SSSR count). The minimum Gasteiger partial charge on any atom is -0.318 e. The molecule has 1 aliphatic heterocycles. The van der Waals surface area contributed by atoms with Gasteiger partial charge in [-0.1, -0.05) is 13.8 Å². The Labute approximate surface area is 101 Å². The van der Waals surface area contributed by atoms with Gasteiger partial charge in [-0.2, -0.15) is 0 Å². The van der Waals surface area contributed by atoms with Crippen LogP contribution in [0.4, 0.5) is 0 Å². The van der Waals surface area contributed by atoms with Gasteiger partial charge in [0.05, 0.1) is 0 Å². The van der Waals surface area contributed by atoms with Gasteiger partial charge in [-0.25, -0.2) is 0 Å². The lowest BCUT2D eigenvalue weighted by Gasteiger charge is -2.50. The van der Waals surface area contributed by atoms with Crippen LogP contribution in [-0.2, 0) is 0 Å². The zero-order valence-corrected chi connectivity index (χ0v) is 11.9. The Balaban J connectivity index is 2.66. The summed E-state index contributed by atoms with van der Waals surface area (Å²) in [7, 11) is 4.29. The molecule has 96 valence electrons. The molecule has 1 heterocycles. The molecule has 1 unspecified atom stereocenters. The summed E-state index contributed by atoms with van der Waals surface area (Å²) in [5, 5.41) is 3.30. The average molecular weight is 227 g/mol. The smallest absolute Gasteiger partial charge is 0.0345 e. The molecular formula is C13H29N3. The van der Waals surface area contributed by atoms with Gasteiger partial charge in [-0.05, 0) is 33.9 Å². The highest BCUT2D eigenvalue weighted by atomic mass is 15.3. The van der Waals surface area contributed by atoms with Gasteiger partial charge in [-0.3, -0.25) is 9.80 Å². The van der Waals surface area contributed by atoms with Crippen LogP contribution >= 0.6 is 0 Å². The lowest BCUT2D eigenvalue weighted by atomic mass is 9.94. The Morgan fingerprint density at radius 3 is 2.50 bits per heavy atom. The van der Waals surface area contributed by atoms with E-state index in [2.05, 4.69) is 49.9 Å². The van der Waals surface area contributed by atoms with Crippen molar-refractivity contribution in [3.05, 3.63) is 0 Å². The lowest BCUT2D eigenvalue weighted by molar-refractivity contribution is -0.0105. The van der Waals surface area contributed by atoms with Gasteiger partial charge in [0.15, 0.2) is 0 Å². The first-order valence-electron chi connectivity index (χ1n) is 6.46. The number of hydrogen-bond donors (Lipinski definition) is 1. The van der Waals surface area contributed by atoms with Crippen LogP contribution in [0.2, 0.25) is 0 Å². The highest BCUT2D eigenvalue weighted by molar-refractivity contribution is 4.94. The van der Waals surface area contributed by atoms with Crippen LogP contribution in [0.1, 0.15) is 27.7 Å². The molecule has 1 aliphatic rings. The fourth-order valence-corrected chi connectivity index (χ4v) is 2.70. The van der Waals surface area contributed by atoms with Crippen molar-refractivity contribution < 1.29 is 0 Å². The molecule has 1 fully saturated rings. The van der Waals surface area contributed by atoms with E-state index in [0.717, 1.165) is 19.0 Å². The van der Waals surface area contributed by atoms with Crippen molar-refractivity contribution in [2.75, 3.05) is 40.3 Å². The summed E-state index contributed by atoms with van der Waals surface area (Å²) < 4.78 is 0. The van der Waals surface area contributed by atoms with E-state index >= 15 is 0 Å². The summed E-state index contributed by atoms with van der Waals surface area (Å²) in [4.78, 5) is 5.15. The van der Waals surface area contributed by atoms with Crippen LogP contribution in [0.25, 0.3) is 0 Å². The first-order chi connectivity index (χ1) is 7.36. The van der Waals surface area contributed by atoms with Crippen molar-refractivity contribution in [1.29, 1.82) is 0 Å². The number of rotatable bonds is 4. The maximum absolute atomic E-state index is 3.30.